The van der Waals surface area contributed by atoms with Gasteiger partial charge in [0, 0.05) is 26.3 Å². The van der Waals surface area contributed by atoms with Crippen LogP contribution in [0, 0.1) is 0 Å². The molecule has 0 heterocycles. The highest BCUT2D eigenvalue weighted by atomic mass is 32.2. The average molecular weight is 361 g/mol. The molecule has 2 aromatic carbocycles. The number of hydrogen-bond acceptors (Lipinski definition) is 3. The van der Waals surface area contributed by atoms with E-state index in [1.807, 2.05) is 24.3 Å². The SMILES string of the molecule is CCc1ccc(NC(=O)NCc2ccc(S(=O)(=O)N(C)C)cc2)cc1. The monoisotopic (exact) mass is 361 g/mol. The number of urea groups is 1. The summed E-state index contributed by atoms with van der Waals surface area (Å²) in [5, 5.41) is 5.51. The Morgan fingerprint density at radius 1 is 0.960 bits per heavy atom. The number of aryl methyl sites for hydroxylation is 1. The second-order valence-corrected chi connectivity index (χ2v) is 7.94. The normalized spacial score (nSPS) is 11.4. The average Bonchev–Trinajstić information content (AvgIpc) is 2.61. The third kappa shape index (κ3) is 5.04. The number of nitrogens with zero attached hydrogens (tertiary/aromatic N) is 1. The molecule has 0 radical (unpaired) electrons. The molecule has 0 aromatic heterocycles. The number of rotatable bonds is 6. The molecule has 0 saturated carbocycles. The van der Waals surface area contributed by atoms with E-state index < -0.39 is 10.0 Å². The molecule has 2 N–H and O–H groups in total. The maximum absolute atomic E-state index is 12.0. The zero-order valence-corrected chi connectivity index (χ0v) is 15.4. The van der Waals surface area contributed by atoms with Crippen molar-refractivity contribution < 1.29 is 13.2 Å². The number of hydrogen-bond donors (Lipinski definition) is 2. The number of sulfonamides is 1. The lowest BCUT2D eigenvalue weighted by atomic mass is 10.1. The zero-order valence-electron chi connectivity index (χ0n) is 14.6. The third-order valence-corrected chi connectivity index (χ3v) is 5.60. The highest BCUT2D eigenvalue weighted by Gasteiger charge is 2.16. The van der Waals surface area contributed by atoms with Crippen LogP contribution in [0.25, 0.3) is 0 Å². The predicted molar refractivity (Wildman–Crippen MR) is 99.0 cm³/mol. The van der Waals surface area contributed by atoms with Crippen LogP contribution in [0.5, 0.6) is 0 Å². The van der Waals surface area contributed by atoms with Crippen LogP contribution < -0.4 is 10.6 Å². The first-order chi connectivity index (χ1) is 11.8. The Labute approximate surface area is 148 Å². The molecular formula is C18H23N3O3S. The molecular weight excluding hydrogens is 338 g/mol. The molecule has 7 heteroatoms. The number of amides is 2. The van der Waals surface area contributed by atoms with Gasteiger partial charge in [-0.3, -0.25) is 0 Å². The lowest BCUT2D eigenvalue weighted by Gasteiger charge is -2.12. The Hall–Kier alpha value is -2.38. The maximum atomic E-state index is 12.0. The van der Waals surface area contributed by atoms with Crippen LogP contribution in [0.15, 0.2) is 53.4 Å². The third-order valence-electron chi connectivity index (χ3n) is 3.78. The highest BCUT2D eigenvalue weighted by Crippen LogP contribution is 2.14. The Balaban J connectivity index is 1.91. The predicted octanol–water partition coefficient (Wildman–Crippen LogP) is 2.82. The van der Waals surface area contributed by atoms with Gasteiger partial charge in [-0.05, 0) is 41.8 Å². The van der Waals surface area contributed by atoms with Gasteiger partial charge < -0.3 is 10.6 Å². The minimum Gasteiger partial charge on any atom is -0.334 e. The van der Waals surface area contributed by atoms with Crippen molar-refractivity contribution in [2.24, 2.45) is 0 Å². The topological polar surface area (TPSA) is 78.5 Å². The summed E-state index contributed by atoms with van der Waals surface area (Å²) >= 11 is 0. The molecule has 0 atom stereocenters. The first-order valence-corrected chi connectivity index (χ1v) is 9.42. The van der Waals surface area contributed by atoms with Crippen LogP contribution in [-0.4, -0.2) is 32.8 Å². The van der Waals surface area contributed by atoms with Crippen molar-refractivity contribution in [1.82, 2.24) is 9.62 Å². The smallest absolute Gasteiger partial charge is 0.319 e. The molecule has 134 valence electrons. The Bertz CT molecular complexity index is 814. The van der Waals surface area contributed by atoms with Crippen molar-refractivity contribution in [3.63, 3.8) is 0 Å². The molecule has 0 saturated heterocycles. The first kappa shape index (κ1) is 19.0. The highest BCUT2D eigenvalue weighted by molar-refractivity contribution is 7.89. The number of carbonyl (C=O) groups is 1. The number of benzene rings is 2. The van der Waals surface area contributed by atoms with Crippen molar-refractivity contribution in [2.45, 2.75) is 24.8 Å². The lowest BCUT2D eigenvalue weighted by Crippen LogP contribution is -2.28. The second-order valence-electron chi connectivity index (χ2n) is 5.79. The van der Waals surface area contributed by atoms with Gasteiger partial charge in [-0.25, -0.2) is 17.5 Å². The summed E-state index contributed by atoms with van der Waals surface area (Å²) in [7, 11) is -0.461. The van der Waals surface area contributed by atoms with Crippen LogP contribution in [0.2, 0.25) is 0 Å². The molecule has 2 amide bonds. The van der Waals surface area contributed by atoms with E-state index in [-0.39, 0.29) is 10.9 Å². The van der Waals surface area contributed by atoms with Crippen LogP contribution in [0.1, 0.15) is 18.1 Å². The Morgan fingerprint density at radius 3 is 2.04 bits per heavy atom. The summed E-state index contributed by atoms with van der Waals surface area (Å²) in [6.07, 6.45) is 0.950. The molecule has 0 aliphatic carbocycles. The van der Waals surface area contributed by atoms with E-state index in [0.717, 1.165) is 22.0 Å². The Morgan fingerprint density at radius 2 is 1.52 bits per heavy atom. The van der Waals surface area contributed by atoms with Gasteiger partial charge in [-0.1, -0.05) is 31.2 Å². The Kier molecular flexibility index (Phi) is 6.17. The van der Waals surface area contributed by atoms with E-state index in [9.17, 15) is 13.2 Å². The van der Waals surface area contributed by atoms with E-state index in [1.165, 1.54) is 31.8 Å². The van der Waals surface area contributed by atoms with E-state index in [4.69, 9.17) is 0 Å². The summed E-state index contributed by atoms with van der Waals surface area (Å²) in [5.74, 6) is 0. The minimum absolute atomic E-state index is 0.224. The molecule has 0 aliphatic heterocycles. The number of nitrogens with one attached hydrogen (secondary N) is 2. The van der Waals surface area contributed by atoms with Gasteiger partial charge in [0.1, 0.15) is 0 Å². The van der Waals surface area contributed by atoms with E-state index in [1.54, 1.807) is 12.1 Å². The summed E-state index contributed by atoms with van der Waals surface area (Å²) in [6, 6.07) is 13.8. The fraction of sp³-hybridized carbons (Fsp3) is 0.278. The molecule has 2 aromatic rings. The summed E-state index contributed by atoms with van der Waals surface area (Å²) in [6.45, 7) is 2.38. The molecule has 0 aliphatic rings. The maximum Gasteiger partial charge on any atom is 0.319 e. The number of anilines is 1. The van der Waals surface area contributed by atoms with Crippen LogP contribution in [0.4, 0.5) is 10.5 Å². The van der Waals surface area contributed by atoms with Crippen molar-refractivity contribution in [2.75, 3.05) is 19.4 Å². The van der Waals surface area contributed by atoms with Gasteiger partial charge in [-0.2, -0.15) is 0 Å². The van der Waals surface area contributed by atoms with Gasteiger partial charge in [-0.15, -0.1) is 0 Å². The fourth-order valence-corrected chi connectivity index (χ4v) is 3.07. The molecule has 0 fully saturated rings. The van der Waals surface area contributed by atoms with Crippen molar-refractivity contribution in [3.05, 3.63) is 59.7 Å². The van der Waals surface area contributed by atoms with E-state index in [2.05, 4.69) is 17.6 Å². The number of carbonyl (C=O) groups excluding carboxylic acids is 1. The van der Waals surface area contributed by atoms with Gasteiger partial charge >= 0.3 is 6.03 Å². The van der Waals surface area contributed by atoms with Gasteiger partial charge in [0.15, 0.2) is 0 Å². The van der Waals surface area contributed by atoms with E-state index >= 15 is 0 Å². The molecule has 25 heavy (non-hydrogen) atoms. The summed E-state index contributed by atoms with van der Waals surface area (Å²) < 4.78 is 25.2. The minimum atomic E-state index is -3.44. The first-order valence-electron chi connectivity index (χ1n) is 7.98. The standard InChI is InChI=1S/C18H23N3O3S/c1-4-14-5-9-16(10-6-14)20-18(22)19-13-15-7-11-17(12-8-15)25(23,24)21(2)3/h5-12H,4,13H2,1-3H3,(H2,19,20,22). The van der Waals surface area contributed by atoms with Gasteiger partial charge in [0.25, 0.3) is 0 Å². The van der Waals surface area contributed by atoms with Crippen LogP contribution in [-0.2, 0) is 23.0 Å². The van der Waals surface area contributed by atoms with Gasteiger partial charge in [0.05, 0.1) is 4.90 Å². The van der Waals surface area contributed by atoms with Crippen LogP contribution in [0.3, 0.4) is 0 Å². The second kappa shape index (κ2) is 8.13. The molecule has 2 rings (SSSR count). The largest absolute Gasteiger partial charge is 0.334 e. The fourth-order valence-electron chi connectivity index (χ4n) is 2.17. The molecule has 6 nitrogen and oxygen atoms in total. The lowest BCUT2D eigenvalue weighted by molar-refractivity contribution is 0.251. The molecule has 0 unspecified atom stereocenters. The quantitative estimate of drug-likeness (QED) is 0.830. The summed E-state index contributed by atoms with van der Waals surface area (Å²) in [5.41, 5.74) is 2.75. The zero-order chi connectivity index (χ0) is 18.4. The van der Waals surface area contributed by atoms with Crippen molar-refractivity contribution in [3.8, 4) is 0 Å². The van der Waals surface area contributed by atoms with Crippen molar-refractivity contribution in [1.29, 1.82) is 0 Å². The van der Waals surface area contributed by atoms with Crippen LogP contribution >= 0.6 is 0 Å². The molecule has 0 bridgehead atoms. The van der Waals surface area contributed by atoms with E-state index in [0.29, 0.717) is 6.54 Å². The summed E-state index contributed by atoms with van der Waals surface area (Å²) in [4.78, 5) is 12.2. The van der Waals surface area contributed by atoms with Crippen molar-refractivity contribution >= 4 is 21.7 Å². The van der Waals surface area contributed by atoms with Gasteiger partial charge in [0.2, 0.25) is 10.0 Å². The molecule has 0 spiro atoms.